The Morgan fingerprint density at radius 3 is 2.68 bits per heavy atom. The molecule has 0 saturated carbocycles. The highest BCUT2D eigenvalue weighted by Crippen LogP contribution is 2.27. The lowest BCUT2D eigenvalue weighted by molar-refractivity contribution is -0.917. The molecule has 148 valence electrons. The molecule has 1 aromatic carbocycles. The highest BCUT2D eigenvalue weighted by atomic mass is 35.5. The maximum Gasteiger partial charge on any atom is 0.258 e. The van der Waals surface area contributed by atoms with E-state index in [2.05, 4.69) is 4.98 Å². The van der Waals surface area contributed by atoms with Gasteiger partial charge in [0, 0.05) is 22.7 Å². The third kappa shape index (κ3) is 3.83. The molecule has 1 saturated heterocycles. The van der Waals surface area contributed by atoms with Crippen LogP contribution in [0.1, 0.15) is 5.69 Å². The average molecular weight is 460 g/mol. The predicted molar refractivity (Wildman–Crippen MR) is 109 cm³/mol. The minimum Gasteiger partial charge on any atom is -0.328 e. The van der Waals surface area contributed by atoms with Crippen LogP contribution in [-0.4, -0.2) is 48.3 Å². The Morgan fingerprint density at radius 2 is 1.93 bits per heavy atom. The Bertz CT molecular complexity index is 1180. The van der Waals surface area contributed by atoms with E-state index >= 15 is 0 Å². The molecular formula is C17H17Cl2N4O3S2+. The number of aromatic nitrogens is 2. The molecule has 0 spiro atoms. The van der Waals surface area contributed by atoms with Crippen molar-refractivity contribution in [1.29, 1.82) is 0 Å². The van der Waals surface area contributed by atoms with Crippen molar-refractivity contribution < 1.29 is 13.3 Å². The van der Waals surface area contributed by atoms with E-state index in [9.17, 15) is 13.2 Å². The van der Waals surface area contributed by atoms with Crippen LogP contribution >= 0.6 is 34.5 Å². The zero-order valence-corrected chi connectivity index (χ0v) is 17.8. The molecule has 3 aromatic rings. The van der Waals surface area contributed by atoms with Gasteiger partial charge in [-0.3, -0.25) is 9.20 Å². The lowest BCUT2D eigenvalue weighted by atomic mass is 10.3. The summed E-state index contributed by atoms with van der Waals surface area (Å²) in [6.45, 7) is 2.53. The van der Waals surface area contributed by atoms with Gasteiger partial charge in [-0.2, -0.15) is 4.31 Å². The summed E-state index contributed by atoms with van der Waals surface area (Å²) in [5.41, 5.74) is 0.620. The summed E-state index contributed by atoms with van der Waals surface area (Å²) in [6.07, 6.45) is 1.70. The number of sulfonamides is 1. The highest BCUT2D eigenvalue weighted by molar-refractivity contribution is 7.89. The lowest BCUT2D eigenvalue weighted by Crippen LogP contribution is -3.13. The Hall–Kier alpha value is -1.49. The molecule has 3 heterocycles. The number of quaternary nitrogens is 1. The fourth-order valence-electron chi connectivity index (χ4n) is 3.27. The molecule has 1 aliphatic rings. The van der Waals surface area contributed by atoms with E-state index < -0.39 is 10.0 Å². The third-order valence-corrected chi connectivity index (χ3v) is 8.10. The second-order valence-electron chi connectivity index (χ2n) is 6.55. The zero-order chi connectivity index (χ0) is 19.9. The summed E-state index contributed by atoms with van der Waals surface area (Å²) in [5, 5.41) is 2.31. The second kappa shape index (κ2) is 7.74. The molecule has 1 N–H and O–H groups in total. The number of thiazole rings is 1. The van der Waals surface area contributed by atoms with Crippen molar-refractivity contribution >= 4 is 49.5 Å². The van der Waals surface area contributed by atoms with Crippen LogP contribution in [0.3, 0.4) is 0 Å². The van der Waals surface area contributed by atoms with Crippen LogP contribution in [0.5, 0.6) is 0 Å². The summed E-state index contributed by atoms with van der Waals surface area (Å²) in [5.74, 6) is 0. The van der Waals surface area contributed by atoms with Crippen molar-refractivity contribution in [2.45, 2.75) is 11.4 Å². The van der Waals surface area contributed by atoms with Gasteiger partial charge in [0.25, 0.3) is 5.56 Å². The predicted octanol–water partition coefficient (Wildman–Crippen LogP) is 1.15. The van der Waals surface area contributed by atoms with E-state index in [0.717, 1.165) is 5.69 Å². The van der Waals surface area contributed by atoms with Gasteiger partial charge in [-0.05, 0) is 18.2 Å². The molecule has 7 nitrogen and oxygen atoms in total. The second-order valence-corrected chi connectivity index (χ2v) is 10.2. The van der Waals surface area contributed by atoms with Gasteiger partial charge < -0.3 is 4.90 Å². The first-order chi connectivity index (χ1) is 13.3. The smallest absolute Gasteiger partial charge is 0.258 e. The Kier molecular flexibility index (Phi) is 5.47. The molecule has 0 bridgehead atoms. The zero-order valence-electron chi connectivity index (χ0n) is 14.6. The van der Waals surface area contributed by atoms with Gasteiger partial charge in [-0.1, -0.05) is 23.2 Å². The number of fused-ring (bicyclic) bond motifs is 1. The van der Waals surface area contributed by atoms with Crippen LogP contribution in [-0.2, 0) is 16.6 Å². The number of rotatable bonds is 4. The summed E-state index contributed by atoms with van der Waals surface area (Å²) >= 11 is 13.4. The number of nitrogens with zero attached hydrogens (tertiary/aromatic N) is 3. The molecule has 0 atom stereocenters. The van der Waals surface area contributed by atoms with Crippen LogP contribution in [0.2, 0.25) is 10.0 Å². The van der Waals surface area contributed by atoms with Gasteiger partial charge in [0.15, 0.2) is 4.96 Å². The Balaban J connectivity index is 1.46. The molecule has 28 heavy (non-hydrogen) atoms. The lowest BCUT2D eigenvalue weighted by Gasteiger charge is -2.31. The molecule has 2 aromatic heterocycles. The van der Waals surface area contributed by atoms with Gasteiger partial charge in [0.1, 0.15) is 17.1 Å². The molecule has 0 amide bonds. The summed E-state index contributed by atoms with van der Waals surface area (Å²) in [6, 6.07) is 5.97. The number of hydrogen-bond acceptors (Lipinski definition) is 5. The Morgan fingerprint density at radius 1 is 1.18 bits per heavy atom. The van der Waals surface area contributed by atoms with Gasteiger partial charge in [-0.15, -0.1) is 11.3 Å². The van der Waals surface area contributed by atoms with E-state index in [1.165, 1.54) is 37.1 Å². The quantitative estimate of drug-likeness (QED) is 0.634. The maximum absolute atomic E-state index is 12.9. The molecule has 1 fully saturated rings. The van der Waals surface area contributed by atoms with Crippen molar-refractivity contribution in [3.8, 4) is 0 Å². The van der Waals surface area contributed by atoms with E-state index in [-0.39, 0.29) is 15.5 Å². The number of hydrogen-bond donors (Lipinski definition) is 1. The standard InChI is InChI=1S/C17H16Cl2N4O3S2/c18-12-1-2-14(19)15(9-12)28(25,26)22-5-3-21(4-6-22)11-13-10-16(24)23-7-8-27-17(23)20-13/h1-2,7-10H,3-6,11H2/p+1. The van der Waals surface area contributed by atoms with E-state index in [0.29, 0.717) is 42.7 Å². The molecule has 0 aliphatic carbocycles. The van der Waals surface area contributed by atoms with Crippen LogP contribution in [0.25, 0.3) is 4.96 Å². The maximum atomic E-state index is 12.9. The molecule has 11 heteroatoms. The first-order valence-corrected chi connectivity index (χ1v) is 11.7. The minimum atomic E-state index is -3.70. The molecule has 4 rings (SSSR count). The summed E-state index contributed by atoms with van der Waals surface area (Å²) in [4.78, 5) is 18.5. The Labute approximate surface area is 175 Å². The van der Waals surface area contributed by atoms with Crippen molar-refractivity contribution in [3.63, 3.8) is 0 Å². The van der Waals surface area contributed by atoms with Crippen molar-refractivity contribution in [3.05, 3.63) is 61.9 Å². The highest BCUT2D eigenvalue weighted by Gasteiger charge is 2.32. The normalized spacial score (nSPS) is 16.6. The first kappa shape index (κ1) is 19.8. The van der Waals surface area contributed by atoms with Crippen molar-refractivity contribution in [1.82, 2.24) is 13.7 Å². The van der Waals surface area contributed by atoms with E-state index in [1.807, 2.05) is 5.38 Å². The SMILES string of the molecule is O=c1cc(C[NH+]2CCN(S(=O)(=O)c3cc(Cl)ccc3Cl)CC2)nc2sccn12. The fraction of sp³-hybridized carbons (Fsp3) is 0.294. The van der Waals surface area contributed by atoms with E-state index in [4.69, 9.17) is 23.2 Å². The molecule has 0 radical (unpaired) electrons. The number of benzene rings is 1. The van der Waals surface area contributed by atoms with Gasteiger partial charge in [0.05, 0.1) is 31.2 Å². The van der Waals surface area contributed by atoms with Crippen molar-refractivity contribution in [2.75, 3.05) is 26.2 Å². The number of nitrogens with one attached hydrogen (secondary N) is 1. The topological polar surface area (TPSA) is 76.2 Å². The molecule has 1 aliphatic heterocycles. The number of piperazine rings is 1. The van der Waals surface area contributed by atoms with Gasteiger partial charge in [-0.25, -0.2) is 13.4 Å². The summed E-state index contributed by atoms with van der Waals surface area (Å²) < 4.78 is 28.8. The van der Waals surface area contributed by atoms with Crippen LogP contribution in [0.15, 0.2) is 45.5 Å². The first-order valence-electron chi connectivity index (χ1n) is 8.59. The largest absolute Gasteiger partial charge is 0.328 e. The van der Waals surface area contributed by atoms with Crippen LogP contribution in [0.4, 0.5) is 0 Å². The van der Waals surface area contributed by atoms with Crippen LogP contribution < -0.4 is 10.5 Å². The van der Waals surface area contributed by atoms with Crippen molar-refractivity contribution in [2.24, 2.45) is 0 Å². The summed E-state index contributed by atoms with van der Waals surface area (Å²) in [7, 11) is -3.70. The van der Waals surface area contributed by atoms with Gasteiger partial charge >= 0.3 is 0 Å². The monoisotopic (exact) mass is 459 g/mol. The molecular weight excluding hydrogens is 443 g/mol. The minimum absolute atomic E-state index is 0.0305. The van der Waals surface area contributed by atoms with Crippen LogP contribution in [0, 0.1) is 0 Å². The number of halogens is 2. The third-order valence-electron chi connectivity index (χ3n) is 4.73. The van der Waals surface area contributed by atoms with Gasteiger partial charge in [0.2, 0.25) is 10.0 Å². The fourth-order valence-corrected chi connectivity index (χ4v) is 6.19. The average Bonchev–Trinajstić information content (AvgIpc) is 3.13. The van der Waals surface area contributed by atoms with E-state index in [1.54, 1.807) is 18.3 Å². The molecule has 0 unspecified atom stereocenters.